The summed E-state index contributed by atoms with van der Waals surface area (Å²) in [5.41, 5.74) is 0.188. The zero-order valence-electron chi connectivity index (χ0n) is 7.93. The van der Waals surface area contributed by atoms with Gasteiger partial charge in [0.05, 0.1) is 0 Å². The molecular formula is C10H11F3O. The topological polar surface area (TPSA) is 9.23 Å². The number of halogens is 3. The fourth-order valence-corrected chi connectivity index (χ4v) is 1.28. The molecule has 0 fully saturated rings. The van der Waals surface area contributed by atoms with Gasteiger partial charge in [-0.1, -0.05) is 19.9 Å². The molecule has 0 bridgehead atoms. The first-order chi connectivity index (χ1) is 6.52. The van der Waals surface area contributed by atoms with Gasteiger partial charge < -0.3 is 4.74 Å². The molecule has 0 aliphatic rings. The number of alkyl halides is 2. The maximum atomic E-state index is 13.2. The molecular weight excluding hydrogens is 193 g/mol. The Kier molecular flexibility index (Phi) is 3.38. The molecule has 14 heavy (non-hydrogen) atoms. The van der Waals surface area contributed by atoms with Gasteiger partial charge in [0.2, 0.25) is 0 Å². The van der Waals surface area contributed by atoms with Gasteiger partial charge in [-0.15, -0.1) is 0 Å². The lowest BCUT2D eigenvalue weighted by Crippen LogP contribution is -2.06. The summed E-state index contributed by atoms with van der Waals surface area (Å²) < 4.78 is 41.3. The summed E-state index contributed by atoms with van der Waals surface area (Å²) in [7, 11) is 0. The molecule has 0 N–H and O–H groups in total. The van der Waals surface area contributed by atoms with Crippen molar-refractivity contribution >= 4 is 0 Å². The average molecular weight is 204 g/mol. The van der Waals surface area contributed by atoms with E-state index >= 15 is 0 Å². The molecule has 0 aromatic heterocycles. The lowest BCUT2D eigenvalue weighted by molar-refractivity contribution is -0.0507. The van der Waals surface area contributed by atoms with E-state index in [4.69, 9.17) is 0 Å². The predicted octanol–water partition coefficient (Wildman–Crippen LogP) is 3.55. The van der Waals surface area contributed by atoms with Crippen LogP contribution in [0.2, 0.25) is 0 Å². The quantitative estimate of drug-likeness (QED) is 0.731. The number of hydrogen-bond donors (Lipinski definition) is 0. The van der Waals surface area contributed by atoms with Crippen LogP contribution < -0.4 is 4.74 Å². The molecule has 0 heterocycles. The highest BCUT2D eigenvalue weighted by Crippen LogP contribution is 2.29. The Morgan fingerprint density at radius 1 is 1.21 bits per heavy atom. The summed E-state index contributed by atoms with van der Waals surface area (Å²) in [6.45, 7) is 0.516. The Morgan fingerprint density at radius 3 is 2.36 bits per heavy atom. The third-order valence-corrected chi connectivity index (χ3v) is 1.81. The summed E-state index contributed by atoms with van der Waals surface area (Å²) in [5, 5.41) is 0. The van der Waals surface area contributed by atoms with Gasteiger partial charge in [0.1, 0.15) is 11.6 Å². The van der Waals surface area contributed by atoms with Crippen molar-refractivity contribution in [1.29, 1.82) is 0 Å². The molecule has 0 spiro atoms. The first-order valence-electron chi connectivity index (χ1n) is 4.25. The van der Waals surface area contributed by atoms with E-state index in [2.05, 4.69) is 4.74 Å². The summed E-state index contributed by atoms with van der Waals surface area (Å²) in [6.07, 6.45) is 0. The SMILES string of the molecule is CC(C)c1c(F)cccc1OC(F)F. The van der Waals surface area contributed by atoms with Crippen LogP contribution in [0.5, 0.6) is 5.75 Å². The normalized spacial score (nSPS) is 11.1. The van der Waals surface area contributed by atoms with Crippen LogP contribution in [0.3, 0.4) is 0 Å². The Labute approximate surface area is 80.5 Å². The summed E-state index contributed by atoms with van der Waals surface area (Å²) in [6, 6.07) is 3.91. The first kappa shape index (κ1) is 10.9. The van der Waals surface area contributed by atoms with E-state index in [1.807, 2.05) is 0 Å². The van der Waals surface area contributed by atoms with Crippen molar-refractivity contribution in [2.45, 2.75) is 26.4 Å². The fraction of sp³-hybridized carbons (Fsp3) is 0.400. The number of benzene rings is 1. The van der Waals surface area contributed by atoms with E-state index in [-0.39, 0.29) is 17.2 Å². The molecule has 1 aromatic carbocycles. The van der Waals surface area contributed by atoms with Crippen molar-refractivity contribution in [3.8, 4) is 5.75 Å². The second-order valence-corrected chi connectivity index (χ2v) is 3.18. The molecule has 0 radical (unpaired) electrons. The van der Waals surface area contributed by atoms with Crippen LogP contribution in [-0.2, 0) is 0 Å². The minimum absolute atomic E-state index is 0.0880. The van der Waals surface area contributed by atoms with Crippen molar-refractivity contribution in [1.82, 2.24) is 0 Å². The van der Waals surface area contributed by atoms with Crippen LogP contribution in [0.4, 0.5) is 13.2 Å². The number of ether oxygens (including phenoxy) is 1. The lowest BCUT2D eigenvalue weighted by Gasteiger charge is -2.13. The third-order valence-electron chi connectivity index (χ3n) is 1.81. The maximum Gasteiger partial charge on any atom is 0.387 e. The molecule has 1 aromatic rings. The van der Waals surface area contributed by atoms with Gasteiger partial charge in [-0.05, 0) is 18.1 Å². The minimum Gasteiger partial charge on any atom is -0.434 e. The van der Waals surface area contributed by atoms with E-state index < -0.39 is 12.4 Å². The summed E-state index contributed by atoms with van der Waals surface area (Å²) in [5.74, 6) is -0.793. The van der Waals surface area contributed by atoms with E-state index in [1.54, 1.807) is 13.8 Å². The van der Waals surface area contributed by atoms with Crippen LogP contribution in [0.1, 0.15) is 25.3 Å². The molecule has 4 heteroatoms. The van der Waals surface area contributed by atoms with Gasteiger partial charge in [-0.3, -0.25) is 0 Å². The van der Waals surface area contributed by atoms with Crippen LogP contribution in [-0.4, -0.2) is 6.61 Å². The predicted molar refractivity (Wildman–Crippen MR) is 47.1 cm³/mol. The number of hydrogen-bond acceptors (Lipinski definition) is 1. The zero-order chi connectivity index (χ0) is 10.7. The maximum absolute atomic E-state index is 13.2. The first-order valence-corrected chi connectivity index (χ1v) is 4.25. The lowest BCUT2D eigenvalue weighted by atomic mass is 10.0. The third kappa shape index (κ3) is 2.40. The van der Waals surface area contributed by atoms with Crippen LogP contribution in [0.25, 0.3) is 0 Å². The number of rotatable bonds is 3. The van der Waals surface area contributed by atoms with E-state index in [0.29, 0.717) is 0 Å². The zero-order valence-corrected chi connectivity index (χ0v) is 7.93. The largest absolute Gasteiger partial charge is 0.434 e. The van der Waals surface area contributed by atoms with Gasteiger partial charge in [-0.2, -0.15) is 8.78 Å². The molecule has 0 saturated heterocycles. The van der Waals surface area contributed by atoms with Crippen molar-refractivity contribution < 1.29 is 17.9 Å². The second-order valence-electron chi connectivity index (χ2n) is 3.18. The molecule has 0 aliphatic carbocycles. The fourth-order valence-electron chi connectivity index (χ4n) is 1.28. The average Bonchev–Trinajstić information content (AvgIpc) is 2.01. The van der Waals surface area contributed by atoms with E-state index in [9.17, 15) is 13.2 Å². The highest BCUT2D eigenvalue weighted by atomic mass is 19.3. The van der Waals surface area contributed by atoms with Gasteiger partial charge in [0, 0.05) is 5.56 Å². The Bertz CT molecular complexity index is 310. The molecule has 0 aliphatic heterocycles. The highest BCUT2D eigenvalue weighted by molar-refractivity contribution is 5.36. The Morgan fingerprint density at radius 2 is 1.86 bits per heavy atom. The molecule has 0 amide bonds. The molecule has 1 nitrogen and oxygen atoms in total. The van der Waals surface area contributed by atoms with Crippen molar-refractivity contribution in [2.75, 3.05) is 0 Å². The molecule has 0 unspecified atom stereocenters. The van der Waals surface area contributed by atoms with Gasteiger partial charge in [-0.25, -0.2) is 4.39 Å². The summed E-state index contributed by atoms with van der Waals surface area (Å²) in [4.78, 5) is 0. The van der Waals surface area contributed by atoms with Crippen LogP contribution in [0, 0.1) is 5.82 Å². The minimum atomic E-state index is -2.92. The smallest absolute Gasteiger partial charge is 0.387 e. The highest BCUT2D eigenvalue weighted by Gasteiger charge is 2.15. The molecule has 78 valence electrons. The Hall–Kier alpha value is -1.19. The Balaban J connectivity index is 3.08. The molecule has 0 atom stereocenters. The van der Waals surface area contributed by atoms with E-state index in [1.165, 1.54) is 18.2 Å². The summed E-state index contributed by atoms with van der Waals surface area (Å²) >= 11 is 0. The van der Waals surface area contributed by atoms with Crippen LogP contribution in [0.15, 0.2) is 18.2 Å². The monoisotopic (exact) mass is 204 g/mol. The molecule has 0 saturated carbocycles. The van der Waals surface area contributed by atoms with Gasteiger partial charge in [0.25, 0.3) is 0 Å². The van der Waals surface area contributed by atoms with Crippen molar-refractivity contribution in [2.24, 2.45) is 0 Å². The van der Waals surface area contributed by atoms with Gasteiger partial charge >= 0.3 is 6.61 Å². The second kappa shape index (κ2) is 4.35. The van der Waals surface area contributed by atoms with Gasteiger partial charge in [0.15, 0.2) is 0 Å². The molecule has 1 rings (SSSR count). The van der Waals surface area contributed by atoms with Crippen molar-refractivity contribution in [3.05, 3.63) is 29.6 Å². The van der Waals surface area contributed by atoms with Crippen molar-refractivity contribution in [3.63, 3.8) is 0 Å². The standard InChI is InChI=1S/C10H11F3O/c1-6(2)9-7(11)4-3-5-8(9)14-10(12)13/h3-6,10H,1-2H3. The van der Waals surface area contributed by atoms with E-state index in [0.717, 1.165) is 0 Å². The van der Waals surface area contributed by atoms with Crippen LogP contribution >= 0.6 is 0 Å².